The minimum absolute atomic E-state index is 0.108. The number of alkyl halides is 3. The van der Waals surface area contributed by atoms with Crippen molar-refractivity contribution < 1.29 is 27.2 Å². The Hall–Kier alpha value is -2.64. The number of amides is 1. The summed E-state index contributed by atoms with van der Waals surface area (Å²) in [5.74, 6) is -1.36. The van der Waals surface area contributed by atoms with Crippen LogP contribution in [0, 0.1) is 5.82 Å². The van der Waals surface area contributed by atoms with Gasteiger partial charge in [-0.2, -0.15) is 13.2 Å². The second-order valence-electron chi connectivity index (χ2n) is 6.21. The monoisotopic (exact) mass is 368 g/mol. The molecular weight excluding hydrogens is 352 g/mol. The first-order chi connectivity index (χ1) is 12.2. The van der Waals surface area contributed by atoms with Crippen LogP contribution in [0.2, 0.25) is 0 Å². The fourth-order valence-corrected chi connectivity index (χ4v) is 3.13. The molecule has 2 aromatic rings. The third-order valence-corrected chi connectivity index (χ3v) is 4.30. The van der Waals surface area contributed by atoms with Crippen LogP contribution in [0.3, 0.4) is 0 Å². The van der Waals surface area contributed by atoms with E-state index in [2.05, 4.69) is 0 Å². The van der Waals surface area contributed by atoms with Gasteiger partial charge in [-0.15, -0.1) is 0 Å². The van der Waals surface area contributed by atoms with Crippen LogP contribution in [0.25, 0.3) is 0 Å². The number of halogens is 4. The molecule has 0 radical (unpaired) electrons. The first-order valence-electron chi connectivity index (χ1n) is 8.04. The summed E-state index contributed by atoms with van der Waals surface area (Å²) in [7, 11) is 0. The number of benzene rings is 1. The molecule has 0 bridgehead atoms. The Balaban J connectivity index is 1.87. The highest BCUT2D eigenvalue weighted by Gasteiger charge is 2.38. The van der Waals surface area contributed by atoms with Gasteiger partial charge < -0.3 is 9.47 Å². The topological polar surface area (TPSA) is 42.3 Å². The van der Waals surface area contributed by atoms with Gasteiger partial charge in [-0.3, -0.25) is 9.59 Å². The molecule has 0 N–H and O–H groups in total. The molecule has 0 saturated carbocycles. The van der Waals surface area contributed by atoms with Crippen molar-refractivity contribution >= 4 is 11.7 Å². The van der Waals surface area contributed by atoms with Crippen molar-refractivity contribution in [2.45, 2.75) is 31.6 Å². The minimum Gasteiger partial charge on any atom is -0.333 e. The Morgan fingerprint density at radius 2 is 1.88 bits per heavy atom. The largest absolute Gasteiger partial charge is 0.406 e. The van der Waals surface area contributed by atoms with Gasteiger partial charge >= 0.3 is 6.18 Å². The maximum absolute atomic E-state index is 13.0. The number of fused-ring (bicyclic) bond motifs is 1. The lowest BCUT2D eigenvalue weighted by molar-refractivity contribution is -0.164. The van der Waals surface area contributed by atoms with E-state index < -0.39 is 30.5 Å². The van der Waals surface area contributed by atoms with Crippen molar-refractivity contribution in [3.05, 3.63) is 59.7 Å². The summed E-state index contributed by atoms with van der Waals surface area (Å²) in [5.41, 5.74) is 0.715. The zero-order chi connectivity index (χ0) is 18.9. The van der Waals surface area contributed by atoms with E-state index in [0.717, 1.165) is 12.1 Å². The van der Waals surface area contributed by atoms with Crippen LogP contribution in [0.1, 0.15) is 34.9 Å². The van der Waals surface area contributed by atoms with Crippen LogP contribution in [-0.4, -0.2) is 33.9 Å². The molecule has 1 amide bonds. The van der Waals surface area contributed by atoms with E-state index in [0.29, 0.717) is 16.2 Å². The van der Waals surface area contributed by atoms with Gasteiger partial charge in [-0.05, 0) is 36.2 Å². The number of carbonyl (C=O) groups is 2. The average molecular weight is 368 g/mol. The van der Waals surface area contributed by atoms with Gasteiger partial charge in [-0.1, -0.05) is 12.1 Å². The molecule has 0 spiro atoms. The first kappa shape index (κ1) is 18.2. The van der Waals surface area contributed by atoms with Crippen molar-refractivity contribution in [1.82, 2.24) is 9.47 Å². The van der Waals surface area contributed by atoms with Crippen LogP contribution in [-0.2, 0) is 11.3 Å². The molecule has 138 valence electrons. The predicted molar refractivity (Wildman–Crippen MR) is 84.9 cm³/mol. The van der Waals surface area contributed by atoms with E-state index in [9.17, 15) is 27.2 Å². The van der Waals surface area contributed by atoms with Crippen LogP contribution >= 0.6 is 0 Å². The van der Waals surface area contributed by atoms with Crippen molar-refractivity contribution in [3.8, 4) is 0 Å². The van der Waals surface area contributed by atoms with Gasteiger partial charge in [0.2, 0.25) is 5.91 Å². The zero-order valence-corrected chi connectivity index (χ0v) is 13.7. The third kappa shape index (κ3) is 3.95. The molecule has 0 saturated heterocycles. The van der Waals surface area contributed by atoms with Gasteiger partial charge in [0.1, 0.15) is 18.4 Å². The van der Waals surface area contributed by atoms with Crippen LogP contribution in [0.4, 0.5) is 17.6 Å². The molecule has 1 aromatic carbocycles. The molecule has 2 heterocycles. The highest BCUT2D eigenvalue weighted by atomic mass is 19.4. The van der Waals surface area contributed by atoms with E-state index in [1.54, 1.807) is 12.1 Å². The molecule has 0 fully saturated rings. The summed E-state index contributed by atoms with van der Waals surface area (Å²) < 4.78 is 53.4. The Morgan fingerprint density at radius 1 is 1.19 bits per heavy atom. The summed E-state index contributed by atoms with van der Waals surface area (Å²) >= 11 is 0. The smallest absolute Gasteiger partial charge is 0.333 e. The van der Waals surface area contributed by atoms with E-state index in [1.807, 2.05) is 0 Å². The molecule has 4 nitrogen and oxygen atoms in total. The second kappa shape index (κ2) is 6.93. The fourth-order valence-electron chi connectivity index (χ4n) is 3.13. The summed E-state index contributed by atoms with van der Waals surface area (Å²) in [6.45, 7) is -1.70. The number of rotatable bonds is 4. The molecule has 1 aromatic heterocycles. The zero-order valence-electron chi connectivity index (χ0n) is 13.7. The summed E-state index contributed by atoms with van der Waals surface area (Å²) in [6.07, 6.45) is -2.79. The first-order valence-corrected chi connectivity index (χ1v) is 8.04. The van der Waals surface area contributed by atoms with E-state index >= 15 is 0 Å². The molecule has 1 aliphatic heterocycles. The molecular formula is C18H16F4N2O2. The lowest BCUT2D eigenvalue weighted by Gasteiger charge is -2.31. The van der Waals surface area contributed by atoms with Gasteiger partial charge in [0.05, 0.1) is 5.69 Å². The van der Waals surface area contributed by atoms with Gasteiger partial charge in [0.25, 0.3) is 0 Å². The van der Waals surface area contributed by atoms with Gasteiger partial charge in [0, 0.05) is 19.2 Å². The SMILES string of the molecule is O=C1CCC(C(=O)N(Cc2ccc(F)cc2)CC(F)(F)F)n2cccc21. The Bertz CT molecular complexity index is 811. The highest BCUT2D eigenvalue weighted by molar-refractivity contribution is 5.97. The van der Waals surface area contributed by atoms with Crippen LogP contribution in [0.5, 0.6) is 0 Å². The lowest BCUT2D eigenvalue weighted by atomic mass is 10.0. The minimum atomic E-state index is -4.57. The molecule has 1 aliphatic rings. The number of Topliss-reactive ketones (excluding diaryl/α,β-unsaturated/α-hetero) is 1. The van der Waals surface area contributed by atoms with Crippen molar-refractivity contribution in [3.63, 3.8) is 0 Å². The average Bonchev–Trinajstić information content (AvgIpc) is 3.05. The second-order valence-corrected chi connectivity index (χ2v) is 6.21. The number of carbonyl (C=O) groups excluding carboxylic acids is 2. The summed E-state index contributed by atoms with van der Waals surface area (Å²) in [4.78, 5) is 25.4. The quantitative estimate of drug-likeness (QED) is 0.772. The predicted octanol–water partition coefficient (Wildman–Crippen LogP) is 3.74. The van der Waals surface area contributed by atoms with Crippen LogP contribution < -0.4 is 0 Å². The lowest BCUT2D eigenvalue weighted by Crippen LogP contribution is -2.43. The van der Waals surface area contributed by atoms with E-state index in [4.69, 9.17) is 0 Å². The molecule has 1 atom stereocenters. The number of hydrogen-bond donors (Lipinski definition) is 0. The summed E-state index contributed by atoms with van der Waals surface area (Å²) in [5, 5.41) is 0. The van der Waals surface area contributed by atoms with Crippen molar-refractivity contribution in [1.29, 1.82) is 0 Å². The number of hydrogen-bond acceptors (Lipinski definition) is 2. The standard InChI is InChI=1S/C18H16F4N2O2/c19-13-5-3-12(4-6-13)10-23(11-18(20,21)22)17(26)15-7-8-16(25)14-2-1-9-24(14)15/h1-6,9,15H,7-8,10-11H2. The maximum Gasteiger partial charge on any atom is 0.406 e. The molecule has 8 heteroatoms. The molecule has 0 aliphatic carbocycles. The molecule has 26 heavy (non-hydrogen) atoms. The van der Waals surface area contributed by atoms with E-state index in [-0.39, 0.29) is 25.2 Å². The Kier molecular flexibility index (Phi) is 4.84. The van der Waals surface area contributed by atoms with E-state index in [1.165, 1.54) is 22.9 Å². The number of nitrogens with zero attached hydrogens (tertiary/aromatic N) is 2. The Morgan fingerprint density at radius 3 is 2.54 bits per heavy atom. The van der Waals surface area contributed by atoms with Crippen molar-refractivity contribution in [2.24, 2.45) is 0 Å². The van der Waals surface area contributed by atoms with Gasteiger partial charge in [0.15, 0.2) is 5.78 Å². The highest BCUT2D eigenvalue weighted by Crippen LogP contribution is 2.29. The van der Waals surface area contributed by atoms with Crippen LogP contribution in [0.15, 0.2) is 42.6 Å². The Labute approximate surface area is 147 Å². The fraction of sp³-hybridized carbons (Fsp3) is 0.333. The maximum atomic E-state index is 13.0. The normalized spacial score (nSPS) is 17.1. The van der Waals surface area contributed by atoms with Crippen molar-refractivity contribution in [2.75, 3.05) is 6.54 Å². The van der Waals surface area contributed by atoms with Gasteiger partial charge in [-0.25, -0.2) is 4.39 Å². The number of ketones is 1. The number of aromatic nitrogens is 1. The summed E-state index contributed by atoms with van der Waals surface area (Å²) in [6, 6.07) is 7.24. The third-order valence-electron chi connectivity index (χ3n) is 4.30. The molecule has 1 unspecified atom stereocenters. The molecule has 3 rings (SSSR count).